The zero-order valence-corrected chi connectivity index (χ0v) is 19.6. The van der Waals surface area contributed by atoms with Gasteiger partial charge in [0.15, 0.2) is 10.8 Å². The van der Waals surface area contributed by atoms with Crippen LogP contribution >= 0.6 is 23.8 Å². The summed E-state index contributed by atoms with van der Waals surface area (Å²) < 4.78 is 11.8. The molecule has 1 fully saturated rings. The molecule has 0 aromatic heterocycles. The van der Waals surface area contributed by atoms with E-state index in [0.29, 0.717) is 27.3 Å². The number of halogens is 1. The molecule has 3 aromatic carbocycles. The van der Waals surface area contributed by atoms with Gasteiger partial charge in [-0.1, -0.05) is 29.8 Å². The maximum absolute atomic E-state index is 13.7. The van der Waals surface area contributed by atoms with E-state index in [1.54, 1.807) is 31.4 Å². The zero-order valence-electron chi connectivity index (χ0n) is 18.0. The first-order valence-corrected chi connectivity index (χ1v) is 11.3. The standard InChI is InChI=1S/C25H22ClN3O3S/c1-25-21(23(30)27-16-9-13-18(31-2)14-10-16)22(19-5-3-4-6-20(19)32-25)28-24(33)29(25)17-11-7-15(26)8-12-17/h3-14,21-22H,1-2H3,(H,27,30)(H,28,33). The Morgan fingerprint density at radius 1 is 1.12 bits per heavy atom. The molecular formula is C25H22ClN3O3S. The Morgan fingerprint density at radius 2 is 1.82 bits per heavy atom. The molecule has 0 spiro atoms. The Morgan fingerprint density at radius 3 is 2.52 bits per heavy atom. The van der Waals surface area contributed by atoms with Crippen molar-refractivity contribution in [3.63, 3.8) is 0 Å². The van der Waals surface area contributed by atoms with Gasteiger partial charge in [0, 0.05) is 22.0 Å². The minimum absolute atomic E-state index is 0.184. The molecule has 1 amide bonds. The third-order valence-corrected chi connectivity index (χ3v) is 6.68. The highest BCUT2D eigenvalue weighted by Crippen LogP contribution is 2.49. The molecule has 2 heterocycles. The molecule has 8 heteroatoms. The lowest BCUT2D eigenvalue weighted by molar-refractivity contribution is -0.130. The second-order valence-corrected chi connectivity index (χ2v) is 8.95. The van der Waals surface area contributed by atoms with Crippen molar-refractivity contribution in [2.75, 3.05) is 17.3 Å². The first kappa shape index (κ1) is 21.6. The molecule has 3 aromatic rings. The molecule has 33 heavy (non-hydrogen) atoms. The number of benzene rings is 3. The predicted octanol–water partition coefficient (Wildman–Crippen LogP) is 5.15. The summed E-state index contributed by atoms with van der Waals surface area (Å²) in [7, 11) is 1.60. The van der Waals surface area contributed by atoms with Gasteiger partial charge in [0.1, 0.15) is 17.4 Å². The zero-order chi connectivity index (χ0) is 23.2. The van der Waals surface area contributed by atoms with Gasteiger partial charge in [0.25, 0.3) is 0 Å². The quantitative estimate of drug-likeness (QED) is 0.505. The van der Waals surface area contributed by atoms with Gasteiger partial charge in [-0.2, -0.15) is 0 Å². The number of nitrogens with one attached hydrogen (secondary N) is 2. The van der Waals surface area contributed by atoms with Gasteiger partial charge < -0.3 is 20.1 Å². The normalized spacial score (nSPS) is 23.1. The fraction of sp³-hybridized carbons (Fsp3) is 0.200. The number of carbonyl (C=O) groups excluding carboxylic acids is 1. The van der Waals surface area contributed by atoms with E-state index in [1.165, 1.54) is 0 Å². The summed E-state index contributed by atoms with van der Waals surface area (Å²) in [5, 5.41) is 7.52. The Bertz CT molecular complexity index is 1220. The van der Waals surface area contributed by atoms with Crippen LogP contribution in [0, 0.1) is 5.92 Å². The van der Waals surface area contributed by atoms with Crippen molar-refractivity contribution >= 4 is 46.2 Å². The number of rotatable bonds is 4. The van der Waals surface area contributed by atoms with Crippen LogP contribution in [0.1, 0.15) is 18.5 Å². The van der Waals surface area contributed by atoms with E-state index in [2.05, 4.69) is 10.6 Å². The van der Waals surface area contributed by atoms with Crippen LogP contribution in [-0.4, -0.2) is 23.9 Å². The van der Waals surface area contributed by atoms with Gasteiger partial charge in [0.2, 0.25) is 5.91 Å². The Labute approximate surface area is 202 Å². The SMILES string of the molecule is COc1ccc(NC(=O)C2C3NC(=S)N(c4ccc(Cl)cc4)C2(C)Oc2ccccc23)cc1. The van der Waals surface area contributed by atoms with Crippen LogP contribution in [0.15, 0.2) is 72.8 Å². The number of hydrogen-bond acceptors (Lipinski definition) is 4. The number of amides is 1. The molecule has 0 radical (unpaired) electrons. The van der Waals surface area contributed by atoms with Crippen LogP contribution in [0.3, 0.4) is 0 Å². The van der Waals surface area contributed by atoms with E-state index in [9.17, 15) is 4.79 Å². The number of fused-ring (bicyclic) bond motifs is 4. The summed E-state index contributed by atoms with van der Waals surface area (Å²) in [6.45, 7) is 1.90. The Balaban J connectivity index is 1.58. The number of thiocarbonyl (C=S) groups is 1. The van der Waals surface area contributed by atoms with Crippen molar-refractivity contribution in [2.45, 2.75) is 18.7 Å². The molecule has 3 unspecified atom stereocenters. The monoisotopic (exact) mass is 479 g/mol. The minimum Gasteiger partial charge on any atom is -0.497 e. The third kappa shape index (κ3) is 3.67. The first-order valence-electron chi connectivity index (χ1n) is 10.5. The van der Waals surface area contributed by atoms with Crippen molar-refractivity contribution in [1.29, 1.82) is 0 Å². The van der Waals surface area contributed by atoms with E-state index in [0.717, 1.165) is 11.3 Å². The van der Waals surface area contributed by atoms with Crippen molar-refractivity contribution in [3.05, 3.63) is 83.4 Å². The van der Waals surface area contributed by atoms with Crippen LogP contribution in [0.4, 0.5) is 11.4 Å². The number of para-hydroxylation sites is 1. The van der Waals surface area contributed by atoms with Crippen molar-refractivity contribution < 1.29 is 14.3 Å². The number of anilines is 2. The number of methoxy groups -OCH3 is 1. The third-order valence-electron chi connectivity index (χ3n) is 6.13. The average molecular weight is 480 g/mol. The molecule has 1 saturated heterocycles. The molecule has 2 aliphatic rings. The van der Waals surface area contributed by atoms with E-state index in [1.807, 2.05) is 60.4 Å². The summed E-state index contributed by atoms with van der Waals surface area (Å²) in [5.74, 6) is 0.633. The highest BCUT2D eigenvalue weighted by molar-refractivity contribution is 7.80. The molecule has 6 nitrogen and oxygen atoms in total. The second-order valence-electron chi connectivity index (χ2n) is 8.13. The van der Waals surface area contributed by atoms with Gasteiger partial charge in [-0.15, -0.1) is 0 Å². The topological polar surface area (TPSA) is 62.8 Å². The van der Waals surface area contributed by atoms with Gasteiger partial charge in [-0.05, 0) is 73.7 Å². The van der Waals surface area contributed by atoms with Crippen LogP contribution in [-0.2, 0) is 4.79 Å². The van der Waals surface area contributed by atoms with Crippen molar-refractivity contribution in [1.82, 2.24) is 5.32 Å². The minimum atomic E-state index is -1.08. The average Bonchev–Trinajstić information content (AvgIpc) is 2.80. The number of carbonyl (C=O) groups is 1. The highest BCUT2D eigenvalue weighted by atomic mass is 35.5. The molecule has 168 valence electrons. The number of ether oxygens (including phenoxy) is 2. The predicted molar refractivity (Wildman–Crippen MR) is 133 cm³/mol. The molecule has 2 bridgehead atoms. The molecule has 3 atom stereocenters. The van der Waals surface area contributed by atoms with Crippen molar-refractivity contribution in [3.8, 4) is 11.5 Å². The van der Waals surface area contributed by atoms with E-state index < -0.39 is 11.6 Å². The largest absolute Gasteiger partial charge is 0.497 e. The van der Waals surface area contributed by atoms with Gasteiger partial charge in [-0.3, -0.25) is 9.69 Å². The summed E-state index contributed by atoms with van der Waals surface area (Å²) in [4.78, 5) is 15.6. The summed E-state index contributed by atoms with van der Waals surface area (Å²) in [6.07, 6.45) is 0. The van der Waals surface area contributed by atoms with Gasteiger partial charge in [-0.25, -0.2) is 0 Å². The first-order chi connectivity index (χ1) is 15.9. The Kier molecular flexibility index (Phi) is 5.38. The van der Waals surface area contributed by atoms with E-state index >= 15 is 0 Å². The Hall–Kier alpha value is -3.29. The van der Waals surface area contributed by atoms with Gasteiger partial charge >= 0.3 is 0 Å². The molecular weight excluding hydrogens is 458 g/mol. The lowest BCUT2D eigenvalue weighted by Crippen LogP contribution is -2.72. The van der Waals surface area contributed by atoms with E-state index in [4.69, 9.17) is 33.3 Å². The molecule has 2 N–H and O–H groups in total. The number of nitrogens with zero attached hydrogens (tertiary/aromatic N) is 1. The maximum atomic E-state index is 13.7. The second kappa shape index (κ2) is 8.24. The fourth-order valence-corrected chi connectivity index (χ4v) is 5.14. The van der Waals surface area contributed by atoms with Crippen molar-refractivity contribution in [2.24, 2.45) is 5.92 Å². The molecule has 0 aliphatic carbocycles. The van der Waals surface area contributed by atoms with Crippen LogP contribution in [0.25, 0.3) is 0 Å². The molecule has 2 aliphatic heterocycles. The molecule has 5 rings (SSSR count). The fourth-order valence-electron chi connectivity index (χ4n) is 4.60. The smallest absolute Gasteiger partial charge is 0.236 e. The summed E-state index contributed by atoms with van der Waals surface area (Å²) in [6, 6.07) is 21.9. The highest BCUT2D eigenvalue weighted by Gasteiger charge is 2.59. The summed E-state index contributed by atoms with van der Waals surface area (Å²) >= 11 is 11.9. The lowest BCUT2D eigenvalue weighted by atomic mass is 9.78. The maximum Gasteiger partial charge on any atom is 0.236 e. The van der Waals surface area contributed by atoms with Gasteiger partial charge in [0.05, 0.1) is 13.2 Å². The number of hydrogen-bond donors (Lipinski definition) is 2. The van der Waals surface area contributed by atoms with E-state index in [-0.39, 0.29) is 11.9 Å². The van der Waals surface area contributed by atoms with Crippen LogP contribution < -0.4 is 25.0 Å². The molecule has 0 saturated carbocycles. The van der Waals surface area contributed by atoms with Crippen LogP contribution in [0.2, 0.25) is 5.02 Å². The van der Waals surface area contributed by atoms with Crippen LogP contribution in [0.5, 0.6) is 11.5 Å². The lowest BCUT2D eigenvalue weighted by Gasteiger charge is -2.56. The summed E-state index contributed by atoms with van der Waals surface area (Å²) in [5.41, 5.74) is 1.26.